The lowest BCUT2D eigenvalue weighted by Crippen LogP contribution is -2.11. The van der Waals surface area contributed by atoms with E-state index in [2.05, 4.69) is 37.8 Å². The Bertz CT molecular complexity index is 663. The van der Waals surface area contributed by atoms with Crippen LogP contribution in [0.1, 0.15) is 56.1 Å². The van der Waals surface area contributed by atoms with E-state index >= 15 is 0 Å². The first-order chi connectivity index (χ1) is 10.7. The number of hydrogen-bond acceptors (Lipinski definition) is 0. The van der Waals surface area contributed by atoms with Gasteiger partial charge in [-0.15, -0.1) is 6.58 Å². The van der Waals surface area contributed by atoms with Crippen LogP contribution >= 0.6 is 0 Å². The van der Waals surface area contributed by atoms with Crippen LogP contribution in [0.15, 0.2) is 43.0 Å². The standard InChI is InChI=1S/C21H25F/c1-3-5-17-10-11-19-14-18(12-13-20(19)21(17)22)16-8-6-15(4-2)7-9-16/h4,10-16H,2-3,5-9H2,1H3. The van der Waals surface area contributed by atoms with Gasteiger partial charge in [0, 0.05) is 5.39 Å². The molecule has 0 N–H and O–H groups in total. The maximum absolute atomic E-state index is 14.5. The van der Waals surface area contributed by atoms with E-state index in [9.17, 15) is 4.39 Å². The van der Waals surface area contributed by atoms with Gasteiger partial charge in [-0.25, -0.2) is 4.39 Å². The molecule has 3 rings (SSSR count). The fourth-order valence-corrected chi connectivity index (χ4v) is 3.76. The van der Waals surface area contributed by atoms with Gasteiger partial charge in [-0.1, -0.05) is 49.8 Å². The van der Waals surface area contributed by atoms with Crippen molar-refractivity contribution in [1.29, 1.82) is 0 Å². The zero-order valence-electron chi connectivity index (χ0n) is 13.4. The molecule has 22 heavy (non-hydrogen) atoms. The SMILES string of the molecule is C=CC1CCC(c2ccc3c(F)c(CCC)ccc3c2)CC1. The Morgan fingerprint density at radius 2 is 1.91 bits per heavy atom. The topological polar surface area (TPSA) is 0 Å². The van der Waals surface area contributed by atoms with Gasteiger partial charge in [-0.2, -0.15) is 0 Å². The number of allylic oxidation sites excluding steroid dienone is 1. The van der Waals surface area contributed by atoms with E-state index in [1.165, 1.54) is 31.2 Å². The fraction of sp³-hybridized carbons (Fsp3) is 0.429. The molecule has 116 valence electrons. The van der Waals surface area contributed by atoms with Crippen molar-refractivity contribution in [2.24, 2.45) is 5.92 Å². The molecule has 0 bridgehead atoms. The van der Waals surface area contributed by atoms with Crippen LogP contribution in [-0.4, -0.2) is 0 Å². The highest BCUT2D eigenvalue weighted by atomic mass is 19.1. The minimum absolute atomic E-state index is 0.0266. The predicted octanol–water partition coefficient (Wildman–Crippen LogP) is 6.39. The van der Waals surface area contributed by atoms with Crippen molar-refractivity contribution < 1.29 is 4.39 Å². The first-order valence-electron chi connectivity index (χ1n) is 8.56. The first kappa shape index (κ1) is 15.3. The third-order valence-electron chi connectivity index (χ3n) is 5.15. The lowest BCUT2D eigenvalue weighted by atomic mass is 9.78. The summed E-state index contributed by atoms with van der Waals surface area (Å²) in [4.78, 5) is 0. The van der Waals surface area contributed by atoms with Crippen LogP contribution in [0.2, 0.25) is 0 Å². The number of fused-ring (bicyclic) bond motifs is 1. The second-order valence-corrected chi connectivity index (χ2v) is 6.62. The highest BCUT2D eigenvalue weighted by Gasteiger charge is 2.21. The molecular weight excluding hydrogens is 271 g/mol. The van der Waals surface area contributed by atoms with Crippen LogP contribution in [0, 0.1) is 11.7 Å². The Balaban J connectivity index is 1.87. The summed E-state index contributed by atoms with van der Waals surface area (Å²) in [6, 6.07) is 10.4. The summed E-state index contributed by atoms with van der Waals surface area (Å²) in [6.45, 7) is 6.00. The summed E-state index contributed by atoms with van der Waals surface area (Å²) in [5, 5.41) is 1.81. The van der Waals surface area contributed by atoms with Crippen LogP contribution in [-0.2, 0) is 6.42 Å². The molecule has 2 aromatic rings. The average molecular weight is 296 g/mol. The van der Waals surface area contributed by atoms with Crippen LogP contribution in [0.25, 0.3) is 10.8 Å². The largest absolute Gasteiger partial charge is 0.206 e. The van der Waals surface area contributed by atoms with Crippen molar-refractivity contribution in [1.82, 2.24) is 0 Å². The van der Waals surface area contributed by atoms with Crippen molar-refractivity contribution in [3.8, 4) is 0 Å². The van der Waals surface area contributed by atoms with E-state index in [0.29, 0.717) is 11.8 Å². The summed E-state index contributed by atoms with van der Waals surface area (Å²) >= 11 is 0. The monoisotopic (exact) mass is 296 g/mol. The molecule has 1 saturated carbocycles. The molecule has 2 aromatic carbocycles. The normalized spacial score (nSPS) is 21.9. The molecule has 1 fully saturated rings. The summed E-state index contributed by atoms with van der Waals surface area (Å²) in [5.74, 6) is 1.28. The zero-order valence-corrected chi connectivity index (χ0v) is 13.4. The van der Waals surface area contributed by atoms with Gasteiger partial charge in [0.2, 0.25) is 0 Å². The fourth-order valence-electron chi connectivity index (χ4n) is 3.76. The van der Waals surface area contributed by atoms with Gasteiger partial charge in [0.1, 0.15) is 5.82 Å². The molecule has 0 spiro atoms. The van der Waals surface area contributed by atoms with Crippen molar-refractivity contribution >= 4 is 10.8 Å². The summed E-state index contributed by atoms with van der Waals surface area (Å²) in [7, 11) is 0. The van der Waals surface area contributed by atoms with Gasteiger partial charge in [0.05, 0.1) is 0 Å². The smallest absolute Gasteiger partial charge is 0.134 e. The van der Waals surface area contributed by atoms with E-state index < -0.39 is 0 Å². The summed E-state index contributed by atoms with van der Waals surface area (Å²) in [5.41, 5.74) is 2.21. The Morgan fingerprint density at radius 3 is 2.59 bits per heavy atom. The summed E-state index contributed by atoms with van der Waals surface area (Å²) < 4.78 is 14.5. The highest BCUT2D eigenvalue weighted by Crippen LogP contribution is 2.37. The van der Waals surface area contributed by atoms with Crippen LogP contribution in [0.3, 0.4) is 0 Å². The Kier molecular flexibility index (Phi) is 4.61. The predicted molar refractivity (Wildman–Crippen MR) is 92.8 cm³/mol. The number of benzene rings is 2. The van der Waals surface area contributed by atoms with Crippen molar-refractivity contribution in [3.05, 3.63) is 59.9 Å². The van der Waals surface area contributed by atoms with E-state index in [4.69, 9.17) is 0 Å². The third-order valence-corrected chi connectivity index (χ3v) is 5.15. The van der Waals surface area contributed by atoms with Crippen molar-refractivity contribution in [3.63, 3.8) is 0 Å². The summed E-state index contributed by atoms with van der Waals surface area (Å²) in [6.07, 6.45) is 8.80. The van der Waals surface area contributed by atoms with Crippen LogP contribution < -0.4 is 0 Å². The molecule has 0 aromatic heterocycles. The third kappa shape index (κ3) is 2.95. The molecule has 0 saturated heterocycles. The molecule has 0 radical (unpaired) electrons. The molecule has 1 aliphatic carbocycles. The molecule has 0 amide bonds. The van der Waals surface area contributed by atoms with Crippen molar-refractivity contribution in [2.75, 3.05) is 0 Å². The molecule has 1 aliphatic rings. The lowest BCUT2D eigenvalue weighted by Gasteiger charge is -2.27. The Morgan fingerprint density at radius 1 is 1.14 bits per heavy atom. The molecular formula is C21H25F. The number of hydrogen-bond donors (Lipinski definition) is 0. The minimum atomic E-state index is -0.0266. The molecule has 1 heteroatoms. The van der Waals surface area contributed by atoms with Gasteiger partial charge in [0.15, 0.2) is 0 Å². The maximum Gasteiger partial charge on any atom is 0.134 e. The first-order valence-corrected chi connectivity index (χ1v) is 8.56. The molecule has 0 aliphatic heterocycles. The molecule has 0 nitrogen and oxygen atoms in total. The second-order valence-electron chi connectivity index (χ2n) is 6.62. The average Bonchev–Trinajstić information content (AvgIpc) is 2.57. The van der Waals surface area contributed by atoms with Gasteiger partial charge in [-0.05, 0) is 60.5 Å². The Hall–Kier alpha value is -1.63. The van der Waals surface area contributed by atoms with Gasteiger partial charge >= 0.3 is 0 Å². The Labute approximate surface area is 133 Å². The van der Waals surface area contributed by atoms with Gasteiger partial charge in [-0.3, -0.25) is 0 Å². The maximum atomic E-state index is 14.5. The molecule has 0 unspecified atom stereocenters. The lowest BCUT2D eigenvalue weighted by molar-refractivity contribution is 0.376. The van der Waals surface area contributed by atoms with E-state index in [1.54, 1.807) is 0 Å². The zero-order chi connectivity index (χ0) is 15.5. The van der Waals surface area contributed by atoms with Gasteiger partial charge in [0.25, 0.3) is 0 Å². The van der Waals surface area contributed by atoms with Crippen molar-refractivity contribution in [2.45, 2.75) is 51.4 Å². The molecule has 0 atom stereocenters. The number of halogens is 1. The second kappa shape index (κ2) is 6.64. The van der Waals surface area contributed by atoms with E-state index in [-0.39, 0.29) is 5.82 Å². The number of rotatable bonds is 4. The minimum Gasteiger partial charge on any atom is -0.206 e. The van der Waals surface area contributed by atoms with Crippen LogP contribution in [0.5, 0.6) is 0 Å². The van der Waals surface area contributed by atoms with E-state index in [1.807, 2.05) is 12.1 Å². The highest BCUT2D eigenvalue weighted by molar-refractivity contribution is 5.84. The number of aryl methyl sites for hydroxylation is 1. The quantitative estimate of drug-likeness (QED) is 0.573. The molecule has 0 heterocycles. The van der Waals surface area contributed by atoms with Crippen LogP contribution in [0.4, 0.5) is 4.39 Å². The van der Waals surface area contributed by atoms with E-state index in [0.717, 1.165) is 29.2 Å². The van der Waals surface area contributed by atoms with Gasteiger partial charge < -0.3 is 0 Å².